The Labute approximate surface area is 173 Å². The van der Waals surface area contributed by atoms with Gasteiger partial charge in [0.25, 0.3) is 0 Å². The summed E-state index contributed by atoms with van der Waals surface area (Å²) < 4.78 is 11.7. The summed E-state index contributed by atoms with van der Waals surface area (Å²) in [6, 6.07) is 9.57. The molecule has 0 amide bonds. The van der Waals surface area contributed by atoms with E-state index in [0.29, 0.717) is 24.0 Å². The SMILES string of the molecule is Cc1ncc(CN2CCO[C@@H](c3cc(CCOc4ccccc4Cl)[nH]n3)C2)s1. The van der Waals surface area contributed by atoms with Gasteiger partial charge in [-0.3, -0.25) is 10.00 Å². The molecule has 4 rings (SSSR count). The van der Waals surface area contributed by atoms with Crippen molar-refractivity contribution in [2.45, 2.75) is 26.0 Å². The molecule has 0 saturated carbocycles. The Morgan fingerprint density at radius 3 is 3.11 bits per heavy atom. The van der Waals surface area contributed by atoms with Gasteiger partial charge >= 0.3 is 0 Å². The van der Waals surface area contributed by atoms with Gasteiger partial charge in [0.2, 0.25) is 0 Å². The fourth-order valence-corrected chi connectivity index (χ4v) is 4.26. The van der Waals surface area contributed by atoms with Crippen molar-refractivity contribution in [2.24, 2.45) is 0 Å². The van der Waals surface area contributed by atoms with Gasteiger partial charge in [-0.15, -0.1) is 11.3 Å². The lowest BCUT2D eigenvalue weighted by Gasteiger charge is -2.31. The van der Waals surface area contributed by atoms with Gasteiger partial charge < -0.3 is 9.47 Å². The highest BCUT2D eigenvalue weighted by atomic mass is 35.5. The third-order valence-electron chi connectivity index (χ3n) is 4.65. The summed E-state index contributed by atoms with van der Waals surface area (Å²) in [6.45, 7) is 5.95. The number of hydrogen-bond donors (Lipinski definition) is 1. The molecule has 3 aromatic rings. The lowest BCUT2D eigenvalue weighted by Crippen LogP contribution is -2.37. The number of thiazole rings is 1. The summed E-state index contributed by atoms with van der Waals surface area (Å²) >= 11 is 7.87. The van der Waals surface area contributed by atoms with Gasteiger partial charge in [-0.05, 0) is 25.1 Å². The van der Waals surface area contributed by atoms with Gasteiger partial charge in [-0.1, -0.05) is 23.7 Å². The van der Waals surface area contributed by atoms with Crippen molar-refractivity contribution >= 4 is 22.9 Å². The Morgan fingerprint density at radius 1 is 1.39 bits per heavy atom. The highest BCUT2D eigenvalue weighted by Crippen LogP contribution is 2.25. The predicted octanol–water partition coefficient (Wildman–Crippen LogP) is 4.02. The zero-order valence-corrected chi connectivity index (χ0v) is 17.3. The Kier molecular flexibility index (Phi) is 6.26. The Balaban J connectivity index is 1.30. The van der Waals surface area contributed by atoms with E-state index in [-0.39, 0.29) is 6.10 Å². The number of nitrogens with zero attached hydrogens (tertiary/aromatic N) is 3. The number of rotatable bonds is 7. The quantitative estimate of drug-likeness (QED) is 0.627. The molecule has 8 heteroatoms. The molecule has 1 atom stereocenters. The number of nitrogens with one attached hydrogen (secondary N) is 1. The van der Waals surface area contributed by atoms with Crippen LogP contribution in [0.15, 0.2) is 36.5 Å². The van der Waals surface area contributed by atoms with Gasteiger partial charge in [0.15, 0.2) is 0 Å². The van der Waals surface area contributed by atoms with E-state index in [4.69, 9.17) is 21.1 Å². The number of ether oxygens (including phenoxy) is 2. The Hall–Kier alpha value is -1.93. The van der Waals surface area contributed by atoms with Crippen molar-refractivity contribution in [1.29, 1.82) is 0 Å². The molecule has 1 aliphatic rings. The van der Waals surface area contributed by atoms with E-state index in [0.717, 1.165) is 42.5 Å². The van der Waals surface area contributed by atoms with Crippen LogP contribution in [0.1, 0.15) is 27.4 Å². The number of H-pyrrole nitrogens is 1. The third kappa shape index (κ3) is 4.91. The first-order valence-electron chi connectivity index (χ1n) is 9.34. The van der Waals surface area contributed by atoms with Crippen LogP contribution in [0.5, 0.6) is 5.75 Å². The van der Waals surface area contributed by atoms with Crippen LogP contribution < -0.4 is 4.74 Å². The van der Waals surface area contributed by atoms with Gasteiger partial charge in [-0.25, -0.2) is 4.98 Å². The predicted molar refractivity (Wildman–Crippen MR) is 110 cm³/mol. The summed E-state index contributed by atoms with van der Waals surface area (Å²) in [6.07, 6.45) is 2.68. The molecule has 28 heavy (non-hydrogen) atoms. The number of morpholine rings is 1. The van der Waals surface area contributed by atoms with Crippen LogP contribution in [-0.2, 0) is 17.7 Å². The number of aromatic amines is 1. The Morgan fingerprint density at radius 2 is 2.29 bits per heavy atom. The number of halogens is 1. The number of aryl methyl sites for hydroxylation is 1. The second kappa shape index (κ2) is 9.05. The molecule has 148 valence electrons. The van der Waals surface area contributed by atoms with Crippen LogP contribution in [0.2, 0.25) is 5.02 Å². The van der Waals surface area contributed by atoms with Gasteiger partial charge in [-0.2, -0.15) is 5.10 Å². The maximum absolute atomic E-state index is 6.12. The first-order valence-corrected chi connectivity index (χ1v) is 10.5. The van der Waals surface area contributed by atoms with Gasteiger partial charge in [0.05, 0.1) is 28.9 Å². The first kappa shape index (κ1) is 19.4. The molecular weight excluding hydrogens is 396 g/mol. The van der Waals surface area contributed by atoms with Crippen LogP contribution in [0, 0.1) is 6.92 Å². The fourth-order valence-electron chi connectivity index (χ4n) is 3.23. The maximum Gasteiger partial charge on any atom is 0.137 e. The van der Waals surface area contributed by atoms with E-state index in [1.807, 2.05) is 37.4 Å². The average molecular weight is 419 g/mol. The number of hydrogen-bond acceptors (Lipinski definition) is 6. The minimum atomic E-state index is -0.0164. The van der Waals surface area contributed by atoms with E-state index in [2.05, 4.69) is 26.1 Å². The van der Waals surface area contributed by atoms with Crippen molar-refractivity contribution in [3.05, 3.63) is 62.8 Å². The van der Waals surface area contributed by atoms with E-state index in [9.17, 15) is 0 Å². The van der Waals surface area contributed by atoms with Crippen molar-refractivity contribution in [3.63, 3.8) is 0 Å². The molecule has 1 saturated heterocycles. The second-order valence-corrected chi connectivity index (χ2v) is 8.51. The molecule has 0 unspecified atom stereocenters. The summed E-state index contributed by atoms with van der Waals surface area (Å²) in [5.74, 6) is 0.702. The van der Waals surface area contributed by atoms with Crippen molar-refractivity contribution < 1.29 is 9.47 Å². The third-order valence-corrected chi connectivity index (χ3v) is 5.86. The molecule has 0 aliphatic carbocycles. The molecule has 1 fully saturated rings. The summed E-state index contributed by atoms with van der Waals surface area (Å²) in [4.78, 5) is 8.03. The summed E-state index contributed by atoms with van der Waals surface area (Å²) in [5, 5.41) is 9.29. The molecule has 3 heterocycles. The molecular formula is C20H23ClN4O2S. The van der Waals surface area contributed by atoms with Crippen LogP contribution in [0.4, 0.5) is 0 Å². The van der Waals surface area contributed by atoms with Crippen molar-refractivity contribution in [1.82, 2.24) is 20.1 Å². The normalized spacial score (nSPS) is 17.7. The monoisotopic (exact) mass is 418 g/mol. The lowest BCUT2D eigenvalue weighted by molar-refractivity contribution is -0.0347. The van der Waals surface area contributed by atoms with Crippen LogP contribution in [-0.4, -0.2) is 46.4 Å². The molecule has 0 bridgehead atoms. The molecule has 1 aromatic carbocycles. The molecule has 6 nitrogen and oxygen atoms in total. The topological polar surface area (TPSA) is 63.3 Å². The van der Waals surface area contributed by atoms with Gasteiger partial charge in [0, 0.05) is 42.8 Å². The smallest absolute Gasteiger partial charge is 0.137 e. The van der Waals surface area contributed by atoms with Crippen molar-refractivity contribution in [3.8, 4) is 5.75 Å². The largest absolute Gasteiger partial charge is 0.492 e. The van der Waals surface area contributed by atoms with Crippen molar-refractivity contribution in [2.75, 3.05) is 26.3 Å². The second-order valence-electron chi connectivity index (χ2n) is 6.79. The molecule has 1 N–H and O–H groups in total. The number of aromatic nitrogens is 3. The molecule has 2 aromatic heterocycles. The zero-order valence-electron chi connectivity index (χ0n) is 15.7. The van der Waals surface area contributed by atoms with E-state index < -0.39 is 0 Å². The van der Waals surface area contributed by atoms with Crippen LogP contribution in [0.25, 0.3) is 0 Å². The minimum Gasteiger partial charge on any atom is -0.492 e. The minimum absolute atomic E-state index is 0.0164. The molecule has 0 spiro atoms. The summed E-state index contributed by atoms with van der Waals surface area (Å²) in [7, 11) is 0. The molecule has 1 aliphatic heterocycles. The van der Waals surface area contributed by atoms with E-state index in [1.54, 1.807) is 11.3 Å². The fraction of sp³-hybridized carbons (Fsp3) is 0.400. The van der Waals surface area contributed by atoms with Crippen LogP contribution in [0.3, 0.4) is 0 Å². The maximum atomic E-state index is 6.12. The average Bonchev–Trinajstić information content (AvgIpc) is 3.33. The van der Waals surface area contributed by atoms with E-state index >= 15 is 0 Å². The zero-order chi connectivity index (χ0) is 19.3. The number of benzene rings is 1. The van der Waals surface area contributed by atoms with Gasteiger partial charge in [0.1, 0.15) is 11.9 Å². The Bertz CT molecular complexity index is 913. The standard InChI is InChI=1S/C20H23ClN4O2S/c1-14-22-11-16(28-14)12-25-7-9-27-20(13-25)18-10-15(23-24-18)6-8-26-19-5-3-2-4-17(19)21/h2-5,10-11,20H,6-9,12-13H2,1H3,(H,23,24)/t20-/m1/s1. The highest BCUT2D eigenvalue weighted by molar-refractivity contribution is 7.11. The number of para-hydroxylation sites is 1. The van der Waals surface area contributed by atoms with E-state index in [1.165, 1.54) is 4.88 Å². The lowest BCUT2D eigenvalue weighted by atomic mass is 10.2. The summed E-state index contributed by atoms with van der Waals surface area (Å²) in [5.41, 5.74) is 1.97. The molecule has 0 radical (unpaired) electrons. The van der Waals surface area contributed by atoms with Crippen LogP contribution >= 0.6 is 22.9 Å². The first-order chi connectivity index (χ1) is 13.7. The highest BCUT2D eigenvalue weighted by Gasteiger charge is 2.24.